The van der Waals surface area contributed by atoms with Crippen LogP contribution in [0.5, 0.6) is 0 Å². The first-order chi connectivity index (χ1) is 9.79. The molecule has 6 nitrogen and oxygen atoms in total. The van der Waals surface area contributed by atoms with Gasteiger partial charge in [0, 0.05) is 22.1 Å². The second-order valence-corrected chi connectivity index (χ2v) is 7.78. The maximum Gasteiger partial charge on any atom is 0.248 e. The van der Waals surface area contributed by atoms with Gasteiger partial charge in [0.1, 0.15) is 0 Å². The van der Waals surface area contributed by atoms with Crippen LogP contribution in [0.25, 0.3) is 0 Å². The molecule has 2 rings (SSSR count). The molecule has 4 N–H and O–H groups in total. The first kappa shape index (κ1) is 19.4. The van der Waals surface area contributed by atoms with E-state index in [0.29, 0.717) is 4.47 Å². The molecule has 1 aliphatic rings. The number of sulfonamides is 1. The van der Waals surface area contributed by atoms with E-state index in [2.05, 4.69) is 26.0 Å². The summed E-state index contributed by atoms with van der Waals surface area (Å²) in [5, 5.41) is 3.24. The summed E-state index contributed by atoms with van der Waals surface area (Å²) in [5.74, 6) is -0.666. The standard InChI is InChI=1S/C13H18BrN3O3S.ClH/c1-8-12(3-2-4-16-8)17-21(19,20)11-6-9(13(15)18)5-10(14)7-11;/h5-8,12,16-17H,2-4H2,1H3,(H2,15,18);1H. The zero-order valence-corrected chi connectivity index (χ0v) is 15.2. The van der Waals surface area contributed by atoms with E-state index in [-0.39, 0.29) is 34.9 Å². The second kappa shape index (κ2) is 7.74. The van der Waals surface area contributed by atoms with Crippen molar-refractivity contribution >= 4 is 44.3 Å². The second-order valence-electron chi connectivity index (χ2n) is 5.15. The number of carbonyl (C=O) groups excluding carboxylic acids is 1. The minimum atomic E-state index is -3.70. The number of hydrogen-bond donors (Lipinski definition) is 3. The van der Waals surface area contributed by atoms with Gasteiger partial charge in [-0.2, -0.15) is 0 Å². The normalized spacial score (nSPS) is 21.9. The van der Waals surface area contributed by atoms with Crippen molar-refractivity contribution < 1.29 is 13.2 Å². The molecule has 124 valence electrons. The molecule has 0 saturated carbocycles. The quantitative estimate of drug-likeness (QED) is 0.695. The Kier molecular flexibility index (Phi) is 6.82. The van der Waals surface area contributed by atoms with Gasteiger partial charge < -0.3 is 11.1 Å². The number of rotatable bonds is 4. The molecule has 1 saturated heterocycles. The predicted octanol–water partition coefficient (Wildman–Crippen LogP) is 1.39. The van der Waals surface area contributed by atoms with Gasteiger partial charge in [0.05, 0.1) is 4.90 Å². The van der Waals surface area contributed by atoms with Gasteiger partial charge in [-0.3, -0.25) is 4.79 Å². The van der Waals surface area contributed by atoms with Gasteiger partial charge in [0.2, 0.25) is 15.9 Å². The Hall–Kier alpha value is -0.670. The van der Waals surface area contributed by atoms with E-state index >= 15 is 0 Å². The van der Waals surface area contributed by atoms with Crippen LogP contribution in [0.3, 0.4) is 0 Å². The highest BCUT2D eigenvalue weighted by molar-refractivity contribution is 9.10. The largest absolute Gasteiger partial charge is 0.366 e. The van der Waals surface area contributed by atoms with E-state index in [4.69, 9.17) is 5.73 Å². The van der Waals surface area contributed by atoms with Crippen molar-refractivity contribution in [1.29, 1.82) is 0 Å². The van der Waals surface area contributed by atoms with E-state index < -0.39 is 15.9 Å². The van der Waals surface area contributed by atoms with Crippen LogP contribution in [-0.4, -0.2) is 33.0 Å². The van der Waals surface area contributed by atoms with Gasteiger partial charge in [-0.15, -0.1) is 12.4 Å². The fourth-order valence-electron chi connectivity index (χ4n) is 2.33. The van der Waals surface area contributed by atoms with Gasteiger partial charge in [-0.25, -0.2) is 13.1 Å². The molecule has 1 fully saturated rings. The molecular weight excluding hydrogens is 394 g/mol. The van der Waals surface area contributed by atoms with Gasteiger partial charge in [-0.05, 0) is 44.5 Å². The Bertz CT molecular complexity index is 654. The average Bonchev–Trinajstić information content (AvgIpc) is 2.40. The molecule has 0 spiro atoms. The number of piperidine rings is 1. The van der Waals surface area contributed by atoms with Crippen LogP contribution in [0, 0.1) is 0 Å². The molecule has 0 bridgehead atoms. The van der Waals surface area contributed by atoms with Gasteiger partial charge in [0.25, 0.3) is 0 Å². The van der Waals surface area contributed by atoms with Crippen molar-refractivity contribution in [3.05, 3.63) is 28.2 Å². The Labute approximate surface area is 144 Å². The molecule has 0 aromatic heterocycles. The predicted molar refractivity (Wildman–Crippen MR) is 90.7 cm³/mol. The van der Waals surface area contributed by atoms with Crippen molar-refractivity contribution in [2.24, 2.45) is 5.73 Å². The summed E-state index contributed by atoms with van der Waals surface area (Å²) in [4.78, 5) is 11.3. The fourth-order valence-corrected chi connectivity index (χ4v) is 4.40. The fraction of sp³-hybridized carbons (Fsp3) is 0.462. The molecular formula is C13H19BrClN3O3S. The maximum absolute atomic E-state index is 12.5. The van der Waals surface area contributed by atoms with Crippen LogP contribution in [0.1, 0.15) is 30.1 Å². The molecule has 2 atom stereocenters. The summed E-state index contributed by atoms with van der Waals surface area (Å²) >= 11 is 3.20. The molecule has 0 aliphatic carbocycles. The van der Waals surface area contributed by atoms with E-state index in [1.54, 1.807) is 0 Å². The summed E-state index contributed by atoms with van der Waals surface area (Å²) in [6.45, 7) is 2.84. The molecule has 1 aromatic carbocycles. The Balaban J connectivity index is 0.00000242. The molecule has 1 amide bonds. The van der Waals surface area contributed by atoms with Gasteiger partial charge in [0.15, 0.2) is 0 Å². The van der Waals surface area contributed by atoms with Gasteiger partial charge >= 0.3 is 0 Å². The van der Waals surface area contributed by atoms with E-state index in [9.17, 15) is 13.2 Å². The van der Waals surface area contributed by atoms with Crippen LogP contribution < -0.4 is 15.8 Å². The Morgan fingerprint density at radius 3 is 2.68 bits per heavy atom. The van der Waals surface area contributed by atoms with Crippen molar-refractivity contribution in [3.8, 4) is 0 Å². The van der Waals surface area contributed by atoms with Crippen LogP contribution in [0.4, 0.5) is 0 Å². The highest BCUT2D eigenvalue weighted by atomic mass is 79.9. The van der Waals surface area contributed by atoms with Crippen molar-refractivity contribution in [3.63, 3.8) is 0 Å². The molecule has 1 heterocycles. The molecule has 0 radical (unpaired) electrons. The van der Waals surface area contributed by atoms with Crippen LogP contribution in [0.2, 0.25) is 0 Å². The molecule has 9 heteroatoms. The summed E-state index contributed by atoms with van der Waals surface area (Å²) in [7, 11) is -3.70. The first-order valence-corrected chi connectivity index (χ1v) is 8.93. The summed E-state index contributed by atoms with van der Waals surface area (Å²) in [5.41, 5.74) is 5.37. The lowest BCUT2D eigenvalue weighted by Gasteiger charge is -2.30. The third kappa shape index (κ3) is 4.66. The lowest BCUT2D eigenvalue weighted by atomic mass is 10.0. The third-order valence-electron chi connectivity index (χ3n) is 3.53. The summed E-state index contributed by atoms with van der Waals surface area (Å²) < 4.78 is 28.1. The molecule has 22 heavy (non-hydrogen) atoms. The highest BCUT2D eigenvalue weighted by Crippen LogP contribution is 2.21. The monoisotopic (exact) mass is 411 g/mol. The third-order valence-corrected chi connectivity index (χ3v) is 5.46. The van der Waals surface area contributed by atoms with Crippen LogP contribution >= 0.6 is 28.3 Å². The molecule has 2 unspecified atom stereocenters. The summed E-state index contributed by atoms with van der Waals surface area (Å²) in [6.07, 6.45) is 1.70. The zero-order chi connectivity index (χ0) is 15.6. The van der Waals surface area contributed by atoms with Crippen molar-refractivity contribution in [2.45, 2.75) is 36.7 Å². The highest BCUT2D eigenvalue weighted by Gasteiger charge is 2.27. The van der Waals surface area contributed by atoms with Crippen LogP contribution in [0.15, 0.2) is 27.6 Å². The minimum Gasteiger partial charge on any atom is -0.366 e. The maximum atomic E-state index is 12.5. The van der Waals surface area contributed by atoms with Gasteiger partial charge in [-0.1, -0.05) is 15.9 Å². The van der Waals surface area contributed by atoms with E-state index in [1.807, 2.05) is 6.92 Å². The number of hydrogen-bond acceptors (Lipinski definition) is 4. The number of amides is 1. The Morgan fingerprint density at radius 2 is 2.09 bits per heavy atom. The number of benzene rings is 1. The lowest BCUT2D eigenvalue weighted by molar-refractivity contribution is 0.1000. The minimum absolute atomic E-state index is 0. The Morgan fingerprint density at radius 1 is 1.41 bits per heavy atom. The number of primary amides is 1. The number of halogens is 2. The lowest BCUT2D eigenvalue weighted by Crippen LogP contribution is -2.51. The zero-order valence-electron chi connectivity index (χ0n) is 12.0. The smallest absolute Gasteiger partial charge is 0.248 e. The molecule has 1 aliphatic heterocycles. The average molecular weight is 413 g/mol. The number of carbonyl (C=O) groups is 1. The van der Waals surface area contributed by atoms with Crippen LogP contribution in [-0.2, 0) is 10.0 Å². The number of nitrogens with two attached hydrogens (primary N) is 1. The van der Waals surface area contributed by atoms with E-state index in [1.165, 1.54) is 18.2 Å². The topological polar surface area (TPSA) is 101 Å². The van der Waals surface area contributed by atoms with Crippen molar-refractivity contribution in [1.82, 2.24) is 10.0 Å². The first-order valence-electron chi connectivity index (χ1n) is 6.66. The summed E-state index contributed by atoms with van der Waals surface area (Å²) in [6, 6.07) is 4.13. The molecule has 1 aromatic rings. The van der Waals surface area contributed by atoms with E-state index in [0.717, 1.165) is 19.4 Å². The number of nitrogens with one attached hydrogen (secondary N) is 2. The van der Waals surface area contributed by atoms with Crippen molar-refractivity contribution in [2.75, 3.05) is 6.54 Å². The SMILES string of the molecule is CC1NCCCC1NS(=O)(=O)c1cc(Br)cc(C(N)=O)c1.Cl.